The Bertz CT molecular complexity index is 1130. The van der Waals surface area contributed by atoms with Crippen molar-refractivity contribution in [1.29, 1.82) is 0 Å². The van der Waals surface area contributed by atoms with Crippen molar-refractivity contribution in [3.8, 4) is 11.3 Å². The first-order valence-electron chi connectivity index (χ1n) is 8.76. The molecule has 3 rings (SSSR count). The highest BCUT2D eigenvalue weighted by atomic mass is 35.5. The van der Waals surface area contributed by atoms with E-state index in [0.29, 0.717) is 22.2 Å². The molecule has 0 aliphatic heterocycles. The first kappa shape index (κ1) is 21.6. The lowest BCUT2D eigenvalue weighted by molar-refractivity contribution is 0.0528. The summed E-state index contributed by atoms with van der Waals surface area (Å²) in [5, 5.41) is 6.86. The molecule has 11 heteroatoms. The maximum Gasteiger partial charge on any atom is 0.346 e. The van der Waals surface area contributed by atoms with Crippen molar-refractivity contribution < 1.29 is 18.8 Å². The highest BCUT2D eigenvalue weighted by Gasteiger charge is 2.27. The number of nitrogens with zero attached hydrogens (tertiary/aromatic N) is 2. The third-order valence-electron chi connectivity index (χ3n) is 3.82. The number of esters is 1. The van der Waals surface area contributed by atoms with Gasteiger partial charge in [-0.15, -0.1) is 0 Å². The van der Waals surface area contributed by atoms with Gasteiger partial charge in [-0.25, -0.2) is 9.78 Å². The predicted molar refractivity (Wildman–Crippen MR) is 113 cm³/mol. The molecule has 1 aromatic carbocycles. The lowest BCUT2D eigenvalue weighted by Crippen LogP contribution is -2.21. The van der Waals surface area contributed by atoms with Crippen molar-refractivity contribution in [2.45, 2.75) is 12.7 Å². The Morgan fingerprint density at radius 3 is 2.70 bits per heavy atom. The summed E-state index contributed by atoms with van der Waals surface area (Å²) in [6.07, 6.45) is 1.84. The minimum Gasteiger partial charge on any atom is -0.462 e. The fourth-order valence-electron chi connectivity index (χ4n) is 2.57. The van der Waals surface area contributed by atoms with Crippen LogP contribution in [0.2, 0.25) is 5.02 Å². The molecule has 0 aliphatic rings. The molecule has 9 nitrogen and oxygen atoms in total. The summed E-state index contributed by atoms with van der Waals surface area (Å²) in [4.78, 5) is 43.7. The molecule has 1 amide bonds. The number of halogens is 1. The second kappa shape index (κ2) is 9.59. The van der Waals surface area contributed by atoms with Crippen LogP contribution in [0.3, 0.4) is 0 Å². The Kier molecular flexibility index (Phi) is 6.91. The Labute approximate surface area is 180 Å². The van der Waals surface area contributed by atoms with E-state index in [2.05, 4.69) is 20.4 Å². The van der Waals surface area contributed by atoms with E-state index in [1.165, 1.54) is 11.8 Å². The van der Waals surface area contributed by atoms with Crippen LogP contribution >= 0.6 is 23.4 Å². The van der Waals surface area contributed by atoms with Crippen LogP contribution in [-0.2, 0) is 10.5 Å². The van der Waals surface area contributed by atoms with Crippen molar-refractivity contribution in [2.24, 2.45) is 0 Å². The smallest absolute Gasteiger partial charge is 0.346 e. The van der Waals surface area contributed by atoms with Crippen LogP contribution in [0.15, 0.2) is 39.6 Å². The van der Waals surface area contributed by atoms with Crippen LogP contribution in [0.4, 0.5) is 5.88 Å². The van der Waals surface area contributed by atoms with Gasteiger partial charge in [-0.1, -0.05) is 28.9 Å². The Morgan fingerprint density at radius 1 is 1.30 bits per heavy atom. The lowest BCUT2D eigenvalue weighted by Gasteiger charge is -2.06. The Balaban J connectivity index is 1.97. The zero-order chi connectivity index (χ0) is 21.7. The maximum atomic E-state index is 12.7. The standard InChI is InChI=1S/C19H17ClN4O5S/c1-3-28-19(27)15-16(10-4-6-11(20)7-5-10)24-29-18(15)23-17(26)12-8-14(25)22-13(21-12)9-30-2/h4-8H,3,9H2,1-2H3,(H,23,26)(H,21,22,25). The van der Waals surface area contributed by atoms with Crippen molar-refractivity contribution in [1.82, 2.24) is 15.1 Å². The second-order valence-electron chi connectivity index (χ2n) is 5.93. The number of aromatic nitrogens is 3. The van der Waals surface area contributed by atoms with E-state index >= 15 is 0 Å². The first-order chi connectivity index (χ1) is 14.4. The highest BCUT2D eigenvalue weighted by molar-refractivity contribution is 7.97. The van der Waals surface area contributed by atoms with Crippen LogP contribution in [-0.4, -0.2) is 39.9 Å². The summed E-state index contributed by atoms with van der Waals surface area (Å²) in [7, 11) is 0. The third-order valence-corrected chi connectivity index (χ3v) is 4.63. The number of thioether (sulfide) groups is 1. The van der Waals surface area contributed by atoms with Gasteiger partial charge in [0.2, 0.25) is 5.88 Å². The van der Waals surface area contributed by atoms with Gasteiger partial charge in [0.05, 0.1) is 12.4 Å². The molecule has 2 heterocycles. The molecule has 0 spiro atoms. The van der Waals surface area contributed by atoms with Gasteiger partial charge in [-0.05, 0) is 25.3 Å². The number of benzene rings is 1. The van der Waals surface area contributed by atoms with E-state index in [1.54, 1.807) is 31.2 Å². The molecular formula is C19H17ClN4O5S. The third kappa shape index (κ3) is 4.89. The number of carbonyl (C=O) groups is 2. The first-order valence-corrected chi connectivity index (χ1v) is 10.5. The monoisotopic (exact) mass is 448 g/mol. The SMILES string of the molecule is CCOC(=O)c1c(-c2ccc(Cl)cc2)noc1NC(=O)c1cc(=O)[nH]c(CSC)n1. The van der Waals surface area contributed by atoms with Crippen LogP contribution in [0.1, 0.15) is 33.6 Å². The fraction of sp³-hybridized carbons (Fsp3) is 0.211. The molecule has 0 aliphatic carbocycles. The summed E-state index contributed by atoms with van der Waals surface area (Å²) >= 11 is 7.35. The number of hydrogen-bond acceptors (Lipinski definition) is 8. The normalized spacial score (nSPS) is 10.6. The number of hydrogen-bond donors (Lipinski definition) is 2. The zero-order valence-corrected chi connectivity index (χ0v) is 17.6. The molecule has 3 aromatic rings. The number of ether oxygens (including phenoxy) is 1. The van der Waals surface area contributed by atoms with E-state index < -0.39 is 17.4 Å². The number of amides is 1. The van der Waals surface area contributed by atoms with Crippen molar-refractivity contribution >= 4 is 41.1 Å². The molecule has 0 radical (unpaired) electrons. The molecule has 2 aromatic heterocycles. The van der Waals surface area contributed by atoms with E-state index in [9.17, 15) is 14.4 Å². The van der Waals surface area contributed by atoms with E-state index in [-0.39, 0.29) is 29.4 Å². The van der Waals surface area contributed by atoms with E-state index in [1.807, 2.05) is 6.26 Å². The van der Waals surface area contributed by atoms with E-state index in [4.69, 9.17) is 20.9 Å². The quantitative estimate of drug-likeness (QED) is 0.526. The summed E-state index contributed by atoms with van der Waals surface area (Å²) in [6.45, 7) is 1.77. The summed E-state index contributed by atoms with van der Waals surface area (Å²) in [5.41, 5.74) is 0.0820. The van der Waals surface area contributed by atoms with Gasteiger partial charge in [0.25, 0.3) is 11.5 Å². The molecule has 2 N–H and O–H groups in total. The van der Waals surface area contributed by atoms with E-state index in [0.717, 1.165) is 6.07 Å². The second-order valence-corrected chi connectivity index (χ2v) is 7.23. The molecule has 0 fully saturated rings. The summed E-state index contributed by atoms with van der Waals surface area (Å²) in [6, 6.07) is 7.63. The molecule has 0 unspecified atom stereocenters. The minimum atomic E-state index is -0.729. The zero-order valence-electron chi connectivity index (χ0n) is 16.0. The largest absolute Gasteiger partial charge is 0.462 e. The van der Waals surface area contributed by atoms with Gasteiger partial charge in [-0.3, -0.25) is 14.9 Å². The molecular weight excluding hydrogens is 432 g/mol. The van der Waals surface area contributed by atoms with Gasteiger partial charge in [0.1, 0.15) is 17.2 Å². The molecule has 156 valence electrons. The van der Waals surface area contributed by atoms with Gasteiger partial charge in [0, 0.05) is 16.7 Å². The van der Waals surface area contributed by atoms with Gasteiger partial charge < -0.3 is 14.2 Å². The lowest BCUT2D eigenvalue weighted by atomic mass is 10.1. The number of H-pyrrole nitrogens is 1. The topological polar surface area (TPSA) is 127 Å². The number of anilines is 1. The minimum absolute atomic E-state index is 0.0540. The van der Waals surface area contributed by atoms with Crippen LogP contribution in [0.25, 0.3) is 11.3 Å². The predicted octanol–water partition coefficient (Wildman–Crippen LogP) is 3.37. The Morgan fingerprint density at radius 2 is 2.03 bits per heavy atom. The number of rotatable bonds is 7. The number of aromatic amines is 1. The number of carbonyl (C=O) groups excluding carboxylic acids is 2. The average molecular weight is 449 g/mol. The van der Waals surface area contributed by atoms with Crippen LogP contribution < -0.4 is 10.9 Å². The molecule has 0 saturated carbocycles. The van der Waals surface area contributed by atoms with Crippen LogP contribution in [0, 0.1) is 0 Å². The van der Waals surface area contributed by atoms with Crippen molar-refractivity contribution in [2.75, 3.05) is 18.2 Å². The van der Waals surface area contributed by atoms with Crippen molar-refractivity contribution in [3.63, 3.8) is 0 Å². The fourth-order valence-corrected chi connectivity index (χ4v) is 3.11. The Hall–Kier alpha value is -3.11. The van der Waals surface area contributed by atoms with Crippen LogP contribution in [0.5, 0.6) is 0 Å². The molecule has 0 atom stereocenters. The summed E-state index contributed by atoms with van der Waals surface area (Å²) in [5.74, 6) is -0.885. The highest BCUT2D eigenvalue weighted by Crippen LogP contribution is 2.30. The van der Waals surface area contributed by atoms with Gasteiger partial charge >= 0.3 is 5.97 Å². The number of nitrogens with one attached hydrogen (secondary N) is 2. The molecule has 30 heavy (non-hydrogen) atoms. The van der Waals surface area contributed by atoms with Gasteiger partial charge in [0.15, 0.2) is 5.56 Å². The maximum absolute atomic E-state index is 12.7. The van der Waals surface area contributed by atoms with Gasteiger partial charge in [-0.2, -0.15) is 11.8 Å². The molecule has 0 saturated heterocycles. The summed E-state index contributed by atoms with van der Waals surface area (Å²) < 4.78 is 10.3. The average Bonchev–Trinajstić information content (AvgIpc) is 3.12. The van der Waals surface area contributed by atoms with Crippen molar-refractivity contribution in [3.05, 3.63) is 62.8 Å². The molecule has 0 bridgehead atoms.